The Morgan fingerprint density at radius 1 is 1.42 bits per heavy atom. The second-order valence-corrected chi connectivity index (χ2v) is 4.79. The van der Waals surface area contributed by atoms with Crippen molar-refractivity contribution in [3.63, 3.8) is 0 Å². The Morgan fingerprint density at radius 2 is 2.21 bits per heavy atom. The Morgan fingerprint density at radius 3 is 2.95 bits per heavy atom. The van der Waals surface area contributed by atoms with Gasteiger partial charge in [-0.05, 0) is 24.5 Å². The van der Waals surface area contributed by atoms with E-state index in [9.17, 15) is 9.59 Å². The molecule has 1 aromatic carbocycles. The van der Waals surface area contributed by atoms with Crippen molar-refractivity contribution < 1.29 is 9.21 Å². The molecule has 102 valence electrons. The standard InChI is InChI=1S/C13H17N3O3/c1-8(2)5-6-14-12(17)15-9-3-4-10-11(7-9)19-13(18)16-10/h3-4,7-8H,5-6H2,1-2H3,(H,16,18)(H2,14,15,17). The number of benzene rings is 1. The van der Waals surface area contributed by atoms with Gasteiger partial charge < -0.3 is 15.1 Å². The Kier molecular flexibility index (Phi) is 3.89. The van der Waals surface area contributed by atoms with Crippen LogP contribution in [0.4, 0.5) is 10.5 Å². The van der Waals surface area contributed by atoms with Gasteiger partial charge in [-0.2, -0.15) is 0 Å². The third-order valence-corrected chi connectivity index (χ3v) is 2.69. The van der Waals surface area contributed by atoms with Gasteiger partial charge in [0.2, 0.25) is 0 Å². The predicted octanol–water partition coefficient (Wildman–Crippen LogP) is 2.29. The first-order chi connectivity index (χ1) is 9.04. The first kappa shape index (κ1) is 13.2. The third kappa shape index (κ3) is 3.61. The van der Waals surface area contributed by atoms with Crippen LogP contribution < -0.4 is 16.4 Å². The van der Waals surface area contributed by atoms with Gasteiger partial charge >= 0.3 is 11.8 Å². The van der Waals surface area contributed by atoms with Crippen LogP contribution in [0.15, 0.2) is 27.4 Å². The molecule has 19 heavy (non-hydrogen) atoms. The predicted molar refractivity (Wildman–Crippen MR) is 73.3 cm³/mol. The van der Waals surface area contributed by atoms with Gasteiger partial charge in [-0.3, -0.25) is 4.98 Å². The van der Waals surface area contributed by atoms with E-state index in [4.69, 9.17) is 4.42 Å². The van der Waals surface area contributed by atoms with Crippen molar-refractivity contribution in [2.75, 3.05) is 11.9 Å². The van der Waals surface area contributed by atoms with Crippen molar-refractivity contribution in [1.29, 1.82) is 0 Å². The minimum atomic E-state index is -0.506. The van der Waals surface area contributed by atoms with E-state index >= 15 is 0 Å². The molecule has 0 fully saturated rings. The topological polar surface area (TPSA) is 87.1 Å². The normalized spacial score (nSPS) is 10.9. The zero-order chi connectivity index (χ0) is 13.8. The number of aromatic nitrogens is 1. The number of hydrogen-bond donors (Lipinski definition) is 3. The summed E-state index contributed by atoms with van der Waals surface area (Å²) in [6, 6.07) is 4.73. The minimum Gasteiger partial charge on any atom is -0.408 e. The van der Waals surface area contributed by atoms with Crippen LogP contribution in [0.3, 0.4) is 0 Å². The fourth-order valence-corrected chi connectivity index (χ4v) is 1.67. The largest absolute Gasteiger partial charge is 0.417 e. The molecule has 2 rings (SSSR count). The van der Waals surface area contributed by atoms with Crippen molar-refractivity contribution in [3.05, 3.63) is 28.7 Å². The fourth-order valence-electron chi connectivity index (χ4n) is 1.67. The molecule has 6 nitrogen and oxygen atoms in total. The van der Waals surface area contributed by atoms with Crippen LogP contribution >= 0.6 is 0 Å². The number of oxazole rings is 1. The van der Waals surface area contributed by atoms with E-state index in [2.05, 4.69) is 29.5 Å². The SMILES string of the molecule is CC(C)CCNC(=O)Nc1ccc2[nH]c(=O)oc2c1. The maximum Gasteiger partial charge on any atom is 0.417 e. The number of amides is 2. The van der Waals surface area contributed by atoms with Gasteiger partial charge in [0.15, 0.2) is 5.58 Å². The van der Waals surface area contributed by atoms with Gasteiger partial charge in [0, 0.05) is 18.3 Å². The van der Waals surface area contributed by atoms with Crippen LogP contribution in [0.25, 0.3) is 11.1 Å². The van der Waals surface area contributed by atoms with Gasteiger partial charge in [-0.25, -0.2) is 9.59 Å². The monoisotopic (exact) mass is 263 g/mol. The molecular weight excluding hydrogens is 246 g/mol. The quantitative estimate of drug-likeness (QED) is 0.790. The number of carbonyl (C=O) groups excluding carboxylic acids is 1. The molecule has 1 aromatic heterocycles. The van der Waals surface area contributed by atoms with Crippen molar-refractivity contribution in [2.24, 2.45) is 5.92 Å². The molecule has 0 saturated heterocycles. The van der Waals surface area contributed by atoms with E-state index in [-0.39, 0.29) is 6.03 Å². The molecule has 2 aromatic rings. The summed E-state index contributed by atoms with van der Waals surface area (Å²) < 4.78 is 4.92. The highest BCUT2D eigenvalue weighted by Crippen LogP contribution is 2.15. The maximum atomic E-state index is 11.6. The number of hydrogen-bond acceptors (Lipinski definition) is 3. The number of urea groups is 1. The second-order valence-electron chi connectivity index (χ2n) is 4.79. The lowest BCUT2D eigenvalue weighted by Gasteiger charge is -2.08. The highest BCUT2D eigenvalue weighted by atomic mass is 16.4. The van der Waals surface area contributed by atoms with Crippen LogP contribution in [0.5, 0.6) is 0 Å². The Hall–Kier alpha value is -2.24. The molecule has 0 aliphatic rings. The number of H-pyrrole nitrogens is 1. The van der Waals surface area contributed by atoms with E-state index in [1.54, 1.807) is 18.2 Å². The van der Waals surface area contributed by atoms with Crippen molar-refractivity contribution in [1.82, 2.24) is 10.3 Å². The number of nitrogens with one attached hydrogen (secondary N) is 3. The van der Waals surface area contributed by atoms with Crippen molar-refractivity contribution in [3.8, 4) is 0 Å². The zero-order valence-electron chi connectivity index (χ0n) is 10.9. The van der Waals surface area contributed by atoms with E-state index in [0.29, 0.717) is 29.2 Å². The summed E-state index contributed by atoms with van der Waals surface area (Å²) in [5, 5.41) is 5.46. The van der Waals surface area contributed by atoms with Crippen molar-refractivity contribution in [2.45, 2.75) is 20.3 Å². The Balaban J connectivity index is 1.96. The minimum absolute atomic E-state index is 0.266. The van der Waals surface area contributed by atoms with Gasteiger partial charge in [0.1, 0.15) is 0 Å². The summed E-state index contributed by atoms with van der Waals surface area (Å²) >= 11 is 0. The van der Waals surface area contributed by atoms with Gasteiger partial charge in [-0.1, -0.05) is 13.8 Å². The fraction of sp³-hybridized carbons (Fsp3) is 0.385. The molecule has 0 radical (unpaired) electrons. The molecule has 0 bridgehead atoms. The summed E-state index contributed by atoms with van der Waals surface area (Å²) in [7, 11) is 0. The number of anilines is 1. The summed E-state index contributed by atoms with van der Waals surface area (Å²) in [6.45, 7) is 4.83. The smallest absolute Gasteiger partial charge is 0.408 e. The van der Waals surface area contributed by atoms with Crippen LogP contribution in [-0.2, 0) is 0 Å². The highest BCUT2D eigenvalue weighted by Gasteiger charge is 2.05. The third-order valence-electron chi connectivity index (χ3n) is 2.69. The van der Waals surface area contributed by atoms with Crippen LogP contribution in [-0.4, -0.2) is 17.6 Å². The molecule has 0 saturated carbocycles. The van der Waals surface area contributed by atoms with E-state index in [0.717, 1.165) is 6.42 Å². The van der Waals surface area contributed by atoms with Gasteiger partial charge in [0.05, 0.1) is 5.52 Å². The molecule has 0 aliphatic heterocycles. The Labute approximate surface area is 110 Å². The van der Waals surface area contributed by atoms with E-state index in [1.165, 1.54) is 0 Å². The van der Waals surface area contributed by atoms with E-state index in [1.807, 2.05) is 0 Å². The molecule has 1 heterocycles. The van der Waals surface area contributed by atoms with Crippen LogP contribution in [0.1, 0.15) is 20.3 Å². The lowest BCUT2D eigenvalue weighted by Crippen LogP contribution is -2.30. The van der Waals surface area contributed by atoms with Gasteiger partial charge in [0.25, 0.3) is 0 Å². The van der Waals surface area contributed by atoms with Gasteiger partial charge in [-0.15, -0.1) is 0 Å². The number of aromatic amines is 1. The summed E-state index contributed by atoms with van der Waals surface area (Å²) in [5.41, 5.74) is 1.61. The maximum absolute atomic E-state index is 11.6. The summed E-state index contributed by atoms with van der Waals surface area (Å²) in [5.74, 6) is 0.0410. The lowest BCUT2D eigenvalue weighted by atomic mass is 10.1. The van der Waals surface area contributed by atoms with E-state index < -0.39 is 5.76 Å². The molecule has 3 N–H and O–H groups in total. The second kappa shape index (κ2) is 5.60. The highest BCUT2D eigenvalue weighted by molar-refractivity contribution is 5.91. The molecule has 2 amide bonds. The number of fused-ring (bicyclic) bond motifs is 1. The number of rotatable bonds is 4. The average Bonchev–Trinajstić information content (AvgIpc) is 2.67. The zero-order valence-corrected chi connectivity index (χ0v) is 10.9. The first-order valence-corrected chi connectivity index (χ1v) is 6.22. The number of carbonyl (C=O) groups is 1. The first-order valence-electron chi connectivity index (χ1n) is 6.22. The summed E-state index contributed by atoms with van der Waals surface area (Å²) in [6.07, 6.45) is 0.930. The molecule has 0 unspecified atom stereocenters. The van der Waals surface area contributed by atoms with Crippen LogP contribution in [0.2, 0.25) is 0 Å². The molecular formula is C13H17N3O3. The van der Waals surface area contributed by atoms with Crippen LogP contribution in [0, 0.1) is 5.92 Å². The lowest BCUT2D eigenvalue weighted by molar-refractivity contribution is 0.251. The Bertz CT molecular complexity index is 627. The molecule has 0 atom stereocenters. The molecule has 0 spiro atoms. The molecule has 0 aliphatic carbocycles. The summed E-state index contributed by atoms with van der Waals surface area (Å²) in [4.78, 5) is 25.2. The van der Waals surface area contributed by atoms with Crippen molar-refractivity contribution >= 4 is 22.8 Å². The molecule has 6 heteroatoms. The average molecular weight is 263 g/mol.